The summed E-state index contributed by atoms with van der Waals surface area (Å²) in [6, 6.07) is -0.265. The third-order valence-electron chi connectivity index (χ3n) is 2.91. The minimum atomic E-state index is -2.97. The van der Waals surface area contributed by atoms with Gasteiger partial charge < -0.3 is 16.0 Å². The monoisotopic (exact) mass is 314 g/mol. The van der Waals surface area contributed by atoms with E-state index in [0.717, 1.165) is 0 Å². The van der Waals surface area contributed by atoms with Crippen LogP contribution in [0.4, 0.5) is 0 Å². The van der Waals surface area contributed by atoms with Crippen molar-refractivity contribution in [1.29, 1.82) is 0 Å². The summed E-state index contributed by atoms with van der Waals surface area (Å²) in [4.78, 5) is 15.9. The normalized spacial score (nSPS) is 20.6. The topological polar surface area (TPSA) is 99.7 Å². The maximum atomic E-state index is 11.7. The van der Waals surface area contributed by atoms with Crippen LogP contribution in [-0.2, 0) is 14.6 Å². The molecule has 1 amide bonds. The molecule has 1 unspecified atom stereocenters. The zero-order chi connectivity index (χ0) is 15.7. The molecule has 0 saturated carbocycles. The quantitative estimate of drug-likeness (QED) is 0.327. The Labute approximate surface area is 125 Å². The third kappa shape index (κ3) is 6.99. The van der Waals surface area contributed by atoms with E-state index in [9.17, 15) is 13.2 Å². The number of amides is 1. The van der Waals surface area contributed by atoms with Gasteiger partial charge >= 0.3 is 0 Å². The lowest BCUT2D eigenvalue weighted by atomic mass is 10.2. The van der Waals surface area contributed by atoms with Crippen molar-refractivity contribution in [3.63, 3.8) is 0 Å². The molecule has 7 nitrogen and oxygen atoms in total. The predicted octanol–water partition coefficient (Wildman–Crippen LogP) is -1.13. The molecule has 0 spiro atoms. The predicted molar refractivity (Wildman–Crippen MR) is 82.6 cm³/mol. The largest absolute Gasteiger partial charge is 0.357 e. The van der Waals surface area contributed by atoms with Crippen LogP contribution in [0.3, 0.4) is 0 Å². The molecule has 0 aliphatic carbocycles. The Kier molecular flexibility index (Phi) is 7.02. The minimum absolute atomic E-state index is 0.0361. The van der Waals surface area contributed by atoms with Crippen LogP contribution >= 0.6 is 0 Å². The number of guanidine groups is 1. The molecule has 21 heavy (non-hydrogen) atoms. The molecule has 1 heterocycles. The first-order valence-electron chi connectivity index (χ1n) is 6.92. The Hall–Kier alpha value is -1.75. The summed E-state index contributed by atoms with van der Waals surface area (Å²) in [5.41, 5.74) is 0. The Morgan fingerprint density at radius 3 is 2.76 bits per heavy atom. The first-order valence-corrected chi connectivity index (χ1v) is 8.74. The first kappa shape index (κ1) is 17.3. The molecule has 1 rings (SSSR count). The number of carbonyl (C=O) groups is 1. The third-order valence-corrected chi connectivity index (χ3v) is 4.68. The standard InChI is InChI=1S/C13H22N4O3S/c1-3-7-15-13(14-4-2)16-8-5-12(18)17-11-6-9-21(19,20)10-11/h1,11H,4-10H2,2H3,(H,17,18)(H2,14,15,16). The smallest absolute Gasteiger partial charge is 0.222 e. The Morgan fingerprint density at radius 2 is 2.19 bits per heavy atom. The number of aliphatic imine (C=N–C) groups is 1. The van der Waals surface area contributed by atoms with Crippen molar-refractivity contribution >= 4 is 21.7 Å². The number of terminal acetylenes is 1. The number of nitrogens with zero attached hydrogens (tertiary/aromatic N) is 1. The summed E-state index contributed by atoms with van der Waals surface area (Å²) in [5.74, 6) is 3.00. The highest BCUT2D eigenvalue weighted by molar-refractivity contribution is 7.91. The first-order chi connectivity index (χ1) is 9.96. The van der Waals surface area contributed by atoms with Crippen LogP contribution in [0.1, 0.15) is 19.8 Å². The average molecular weight is 314 g/mol. The fourth-order valence-corrected chi connectivity index (χ4v) is 3.63. The number of hydrogen-bond donors (Lipinski definition) is 3. The zero-order valence-corrected chi connectivity index (χ0v) is 13.0. The van der Waals surface area contributed by atoms with Crippen molar-refractivity contribution in [3.05, 3.63) is 0 Å². The Bertz CT molecular complexity index is 522. The average Bonchev–Trinajstić information content (AvgIpc) is 2.75. The van der Waals surface area contributed by atoms with Gasteiger partial charge in [-0.05, 0) is 13.3 Å². The van der Waals surface area contributed by atoms with E-state index in [1.165, 1.54) is 0 Å². The van der Waals surface area contributed by atoms with E-state index in [1.807, 2.05) is 6.92 Å². The van der Waals surface area contributed by atoms with Crippen LogP contribution < -0.4 is 16.0 Å². The van der Waals surface area contributed by atoms with Gasteiger partial charge in [-0.3, -0.25) is 9.79 Å². The Morgan fingerprint density at radius 1 is 1.43 bits per heavy atom. The molecule has 8 heteroatoms. The number of sulfone groups is 1. The van der Waals surface area contributed by atoms with Gasteiger partial charge in [-0.1, -0.05) is 5.92 Å². The van der Waals surface area contributed by atoms with E-state index >= 15 is 0 Å². The number of rotatable bonds is 6. The molecule has 0 radical (unpaired) electrons. The van der Waals surface area contributed by atoms with Gasteiger partial charge in [0.25, 0.3) is 0 Å². The van der Waals surface area contributed by atoms with Crippen molar-refractivity contribution in [2.45, 2.75) is 25.8 Å². The molecule has 118 valence electrons. The molecule has 3 N–H and O–H groups in total. The van der Waals surface area contributed by atoms with Gasteiger partial charge in [0, 0.05) is 19.0 Å². The van der Waals surface area contributed by atoms with Gasteiger partial charge in [0.15, 0.2) is 15.8 Å². The summed E-state index contributed by atoms with van der Waals surface area (Å²) >= 11 is 0. The van der Waals surface area contributed by atoms with E-state index < -0.39 is 9.84 Å². The zero-order valence-electron chi connectivity index (χ0n) is 12.2. The highest BCUT2D eigenvalue weighted by Crippen LogP contribution is 2.11. The minimum Gasteiger partial charge on any atom is -0.357 e. The molecule has 1 atom stereocenters. The van der Waals surface area contributed by atoms with Gasteiger partial charge in [0.05, 0.1) is 24.6 Å². The van der Waals surface area contributed by atoms with Crippen LogP contribution in [0.5, 0.6) is 0 Å². The van der Waals surface area contributed by atoms with Crippen LogP contribution in [0.2, 0.25) is 0 Å². The second-order valence-corrected chi connectivity index (χ2v) is 6.96. The fourth-order valence-electron chi connectivity index (χ4n) is 1.95. The van der Waals surface area contributed by atoms with Crippen molar-refractivity contribution < 1.29 is 13.2 Å². The highest BCUT2D eigenvalue weighted by Gasteiger charge is 2.28. The van der Waals surface area contributed by atoms with Crippen LogP contribution in [0, 0.1) is 12.3 Å². The molecule has 0 aromatic rings. The SMILES string of the molecule is C#CCNC(=NCCC(=O)NC1CCS(=O)(=O)C1)NCC. The number of nitrogens with one attached hydrogen (secondary N) is 3. The molecule has 1 fully saturated rings. The van der Waals surface area contributed by atoms with Crippen molar-refractivity contribution in [2.24, 2.45) is 4.99 Å². The molecule has 0 bridgehead atoms. The van der Waals surface area contributed by atoms with Crippen molar-refractivity contribution in [3.8, 4) is 12.3 Å². The maximum absolute atomic E-state index is 11.7. The Balaban J connectivity index is 2.33. The number of carbonyl (C=O) groups excluding carboxylic acids is 1. The molecular weight excluding hydrogens is 292 g/mol. The molecule has 0 aromatic heterocycles. The van der Waals surface area contributed by atoms with Gasteiger partial charge in [0.1, 0.15) is 0 Å². The van der Waals surface area contributed by atoms with Crippen LogP contribution in [-0.4, -0.2) is 57.5 Å². The fraction of sp³-hybridized carbons (Fsp3) is 0.692. The second-order valence-electron chi connectivity index (χ2n) is 4.74. The summed E-state index contributed by atoms with van der Waals surface area (Å²) in [6.07, 6.45) is 5.86. The van der Waals surface area contributed by atoms with E-state index in [1.54, 1.807) is 0 Å². The van der Waals surface area contributed by atoms with E-state index in [0.29, 0.717) is 32.0 Å². The van der Waals surface area contributed by atoms with Crippen LogP contribution in [0.25, 0.3) is 0 Å². The van der Waals surface area contributed by atoms with Gasteiger partial charge in [-0.15, -0.1) is 6.42 Å². The van der Waals surface area contributed by atoms with Crippen molar-refractivity contribution in [1.82, 2.24) is 16.0 Å². The lowest BCUT2D eigenvalue weighted by Gasteiger charge is -2.11. The molecular formula is C13H22N4O3S. The summed E-state index contributed by atoms with van der Waals surface area (Å²) in [7, 11) is -2.97. The van der Waals surface area contributed by atoms with E-state index in [2.05, 4.69) is 26.9 Å². The number of hydrogen-bond acceptors (Lipinski definition) is 4. The maximum Gasteiger partial charge on any atom is 0.222 e. The van der Waals surface area contributed by atoms with Crippen molar-refractivity contribution in [2.75, 3.05) is 31.1 Å². The van der Waals surface area contributed by atoms with Gasteiger partial charge in [-0.2, -0.15) is 0 Å². The molecule has 1 saturated heterocycles. The van der Waals surface area contributed by atoms with Crippen LogP contribution in [0.15, 0.2) is 4.99 Å². The highest BCUT2D eigenvalue weighted by atomic mass is 32.2. The van der Waals surface area contributed by atoms with E-state index in [-0.39, 0.29) is 29.9 Å². The summed E-state index contributed by atoms with van der Waals surface area (Å²) in [5, 5.41) is 8.65. The summed E-state index contributed by atoms with van der Waals surface area (Å²) < 4.78 is 22.6. The molecule has 0 aromatic carbocycles. The lowest BCUT2D eigenvalue weighted by Crippen LogP contribution is -2.38. The van der Waals surface area contributed by atoms with Gasteiger partial charge in [0.2, 0.25) is 5.91 Å². The lowest BCUT2D eigenvalue weighted by molar-refractivity contribution is -0.121. The second kappa shape index (κ2) is 8.52. The summed E-state index contributed by atoms with van der Waals surface area (Å²) in [6.45, 7) is 3.30. The van der Waals surface area contributed by atoms with Gasteiger partial charge in [-0.25, -0.2) is 8.42 Å². The molecule has 1 aliphatic heterocycles. The molecule has 1 aliphatic rings. The van der Waals surface area contributed by atoms with E-state index in [4.69, 9.17) is 6.42 Å².